The number of hydrogen-bond acceptors (Lipinski definition) is 3. The Kier molecular flexibility index (Phi) is 3.90. The largest absolute Gasteiger partial charge is 0.465 e. The Morgan fingerprint density at radius 2 is 2.32 bits per heavy atom. The van der Waals surface area contributed by atoms with Crippen molar-refractivity contribution in [1.82, 2.24) is 10.3 Å². The first-order valence-electron chi connectivity index (χ1n) is 5.85. The number of nitrogens with one attached hydrogen (secondary N) is 1. The lowest BCUT2D eigenvalue weighted by atomic mass is 10.1. The van der Waals surface area contributed by atoms with Crippen LogP contribution < -0.4 is 10.2 Å². The summed E-state index contributed by atoms with van der Waals surface area (Å²) in [6.07, 6.45) is 3.01. The number of carboxylic acid groups (broad SMARTS) is 1. The third kappa shape index (κ3) is 3.57. The summed E-state index contributed by atoms with van der Waals surface area (Å²) in [4.78, 5) is 27.1. The molecule has 0 atom stereocenters. The summed E-state index contributed by atoms with van der Waals surface area (Å²) in [6.45, 7) is 0.827. The Morgan fingerprint density at radius 1 is 1.58 bits per heavy atom. The van der Waals surface area contributed by atoms with Gasteiger partial charge in [-0.25, -0.2) is 9.78 Å². The molecular weight excluding hydrogens is 270 g/mol. The van der Waals surface area contributed by atoms with Gasteiger partial charge in [-0.05, 0) is 25.0 Å². The van der Waals surface area contributed by atoms with Gasteiger partial charge in [0.2, 0.25) is 6.41 Å². The minimum absolute atomic E-state index is 0.154. The standard InChI is InChI=1S/C12H14ClN3O3/c13-10-2-1-9(5-14-10)16(8-17)7-12(3-4-12)6-15-11(18)19/h1-2,5,8,15H,3-4,6-7H2,(H,18,19). The molecule has 6 nitrogen and oxygen atoms in total. The number of pyridine rings is 1. The maximum Gasteiger partial charge on any atom is 0.404 e. The lowest BCUT2D eigenvalue weighted by molar-refractivity contribution is -0.107. The van der Waals surface area contributed by atoms with Crippen LogP contribution in [0.3, 0.4) is 0 Å². The molecule has 7 heteroatoms. The molecule has 1 aliphatic carbocycles. The van der Waals surface area contributed by atoms with Gasteiger partial charge in [-0.3, -0.25) is 4.79 Å². The van der Waals surface area contributed by atoms with Gasteiger partial charge >= 0.3 is 6.09 Å². The van der Waals surface area contributed by atoms with Gasteiger partial charge in [0.25, 0.3) is 0 Å². The smallest absolute Gasteiger partial charge is 0.404 e. The van der Waals surface area contributed by atoms with E-state index in [1.807, 2.05) is 0 Å². The summed E-state index contributed by atoms with van der Waals surface area (Å²) in [5, 5.41) is 11.4. The summed E-state index contributed by atoms with van der Waals surface area (Å²) in [5.74, 6) is 0. The second-order valence-corrected chi connectivity index (χ2v) is 5.12. The van der Waals surface area contributed by atoms with Gasteiger partial charge in [-0.1, -0.05) is 11.6 Å². The van der Waals surface area contributed by atoms with E-state index in [0.717, 1.165) is 19.3 Å². The number of carbonyl (C=O) groups excluding carboxylic acids is 1. The molecule has 1 aromatic heterocycles. The third-order valence-corrected chi connectivity index (χ3v) is 3.47. The van der Waals surface area contributed by atoms with Crippen molar-refractivity contribution < 1.29 is 14.7 Å². The highest BCUT2D eigenvalue weighted by Gasteiger charge is 2.44. The lowest BCUT2D eigenvalue weighted by Crippen LogP contribution is -2.37. The van der Waals surface area contributed by atoms with Crippen molar-refractivity contribution in [1.29, 1.82) is 0 Å². The van der Waals surface area contributed by atoms with Gasteiger partial charge in [0, 0.05) is 18.5 Å². The molecule has 1 aromatic rings. The SMILES string of the molecule is O=CN(CC1(CNC(=O)O)CC1)c1ccc(Cl)nc1. The van der Waals surface area contributed by atoms with E-state index in [-0.39, 0.29) is 5.41 Å². The van der Waals surface area contributed by atoms with E-state index in [1.54, 1.807) is 12.1 Å². The van der Waals surface area contributed by atoms with E-state index in [4.69, 9.17) is 16.7 Å². The minimum Gasteiger partial charge on any atom is -0.465 e. The Hall–Kier alpha value is -1.82. The highest BCUT2D eigenvalue weighted by atomic mass is 35.5. The number of carbonyl (C=O) groups is 2. The number of hydrogen-bond donors (Lipinski definition) is 2. The maximum atomic E-state index is 11.2. The second kappa shape index (κ2) is 5.44. The summed E-state index contributed by atoms with van der Waals surface area (Å²) in [6, 6.07) is 3.33. The molecule has 0 aromatic carbocycles. The molecule has 19 heavy (non-hydrogen) atoms. The molecule has 102 valence electrons. The van der Waals surface area contributed by atoms with E-state index in [1.165, 1.54) is 11.1 Å². The van der Waals surface area contributed by atoms with Crippen LogP contribution in [0.1, 0.15) is 12.8 Å². The molecule has 0 aliphatic heterocycles. The molecule has 1 saturated carbocycles. The van der Waals surface area contributed by atoms with Gasteiger partial charge in [0.15, 0.2) is 0 Å². The Bertz CT molecular complexity index is 474. The van der Waals surface area contributed by atoms with E-state index >= 15 is 0 Å². The molecule has 2 rings (SSSR count). The van der Waals surface area contributed by atoms with Crippen LogP contribution in [0.15, 0.2) is 18.3 Å². The molecule has 0 spiro atoms. The first kappa shape index (κ1) is 13.6. The third-order valence-electron chi connectivity index (χ3n) is 3.25. The number of anilines is 1. The van der Waals surface area contributed by atoms with Gasteiger partial charge < -0.3 is 15.3 Å². The van der Waals surface area contributed by atoms with E-state index in [0.29, 0.717) is 23.9 Å². The van der Waals surface area contributed by atoms with Crippen molar-refractivity contribution in [2.24, 2.45) is 5.41 Å². The predicted molar refractivity (Wildman–Crippen MR) is 70.4 cm³/mol. The number of aromatic nitrogens is 1. The molecule has 0 unspecified atom stereocenters. The minimum atomic E-state index is -1.04. The molecule has 0 bridgehead atoms. The number of halogens is 1. The van der Waals surface area contributed by atoms with Crippen molar-refractivity contribution in [2.75, 3.05) is 18.0 Å². The van der Waals surface area contributed by atoms with Crippen LogP contribution in [0.25, 0.3) is 0 Å². The Labute approximate surface area is 115 Å². The predicted octanol–water partition coefficient (Wildman–Crippen LogP) is 1.75. The van der Waals surface area contributed by atoms with Crippen LogP contribution in [-0.2, 0) is 4.79 Å². The van der Waals surface area contributed by atoms with Gasteiger partial charge in [-0.2, -0.15) is 0 Å². The van der Waals surface area contributed by atoms with E-state index < -0.39 is 6.09 Å². The fourth-order valence-electron chi connectivity index (χ4n) is 1.92. The van der Waals surface area contributed by atoms with Crippen molar-refractivity contribution in [2.45, 2.75) is 12.8 Å². The van der Waals surface area contributed by atoms with Crippen LogP contribution in [0.5, 0.6) is 0 Å². The molecule has 0 radical (unpaired) electrons. The van der Waals surface area contributed by atoms with Crippen LogP contribution in [0, 0.1) is 5.41 Å². The van der Waals surface area contributed by atoms with E-state index in [2.05, 4.69) is 10.3 Å². The van der Waals surface area contributed by atoms with E-state index in [9.17, 15) is 9.59 Å². The van der Waals surface area contributed by atoms with Gasteiger partial charge in [-0.15, -0.1) is 0 Å². The number of nitrogens with zero attached hydrogens (tertiary/aromatic N) is 2. The molecule has 1 aliphatic rings. The average molecular weight is 284 g/mol. The first-order chi connectivity index (χ1) is 9.04. The summed E-state index contributed by atoms with van der Waals surface area (Å²) >= 11 is 5.70. The van der Waals surface area contributed by atoms with Crippen LogP contribution in [-0.4, -0.2) is 35.7 Å². The molecule has 1 heterocycles. The first-order valence-corrected chi connectivity index (χ1v) is 6.23. The number of rotatable bonds is 6. The highest BCUT2D eigenvalue weighted by molar-refractivity contribution is 6.29. The zero-order valence-corrected chi connectivity index (χ0v) is 10.9. The summed E-state index contributed by atoms with van der Waals surface area (Å²) in [7, 11) is 0. The topological polar surface area (TPSA) is 82.5 Å². The van der Waals surface area contributed by atoms with Gasteiger partial charge in [0.05, 0.1) is 11.9 Å². The Balaban J connectivity index is 2.01. The zero-order chi connectivity index (χ0) is 13.9. The fourth-order valence-corrected chi connectivity index (χ4v) is 2.03. The molecular formula is C12H14ClN3O3. The summed E-state index contributed by atoms with van der Waals surface area (Å²) < 4.78 is 0. The molecule has 2 N–H and O–H groups in total. The highest BCUT2D eigenvalue weighted by Crippen LogP contribution is 2.46. The number of amides is 2. The van der Waals surface area contributed by atoms with Crippen molar-refractivity contribution in [3.63, 3.8) is 0 Å². The Morgan fingerprint density at radius 3 is 2.79 bits per heavy atom. The lowest BCUT2D eigenvalue weighted by Gasteiger charge is -2.23. The second-order valence-electron chi connectivity index (χ2n) is 4.73. The zero-order valence-electron chi connectivity index (χ0n) is 10.2. The maximum absolute atomic E-state index is 11.2. The van der Waals surface area contributed by atoms with Crippen molar-refractivity contribution in [3.8, 4) is 0 Å². The molecule has 0 saturated heterocycles. The van der Waals surface area contributed by atoms with Crippen LogP contribution >= 0.6 is 11.6 Å². The fraction of sp³-hybridized carbons (Fsp3) is 0.417. The average Bonchev–Trinajstić information content (AvgIpc) is 3.15. The van der Waals surface area contributed by atoms with Crippen molar-refractivity contribution in [3.05, 3.63) is 23.5 Å². The quantitative estimate of drug-likeness (QED) is 0.615. The summed E-state index contributed by atoms with van der Waals surface area (Å²) in [5.41, 5.74) is 0.500. The monoisotopic (exact) mass is 283 g/mol. The van der Waals surface area contributed by atoms with Crippen molar-refractivity contribution >= 4 is 29.8 Å². The normalized spacial score (nSPS) is 15.6. The van der Waals surface area contributed by atoms with Gasteiger partial charge in [0.1, 0.15) is 5.15 Å². The van der Waals surface area contributed by atoms with Crippen LogP contribution in [0.4, 0.5) is 10.5 Å². The molecule has 2 amide bonds. The molecule has 1 fully saturated rings. The van der Waals surface area contributed by atoms with Crippen LogP contribution in [0.2, 0.25) is 5.15 Å².